The Labute approximate surface area is 203 Å². The summed E-state index contributed by atoms with van der Waals surface area (Å²) in [6.07, 6.45) is 2.77. The molecule has 2 N–H and O–H groups in total. The molecular formula is C26H28N6O3. The lowest BCUT2D eigenvalue weighted by atomic mass is 10.1. The van der Waals surface area contributed by atoms with Crippen molar-refractivity contribution >= 4 is 22.8 Å². The van der Waals surface area contributed by atoms with Crippen molar-refractivity contribution in [1.29, 1.82) is 0 Å². The van der Waals surface area contributed by atoms with E-state index in [1.165, 1.54) is 6.33 Å². The van der Waals surface area contributed by atoms with E-state index in [0.717, 1.165) is 23.5 Å². The molecule has 0 radical (unpaired) electrons. The average molecular weight is 473 g/mol. The number of carbonyl (C=O) groups is 1. The summed E-state index contributed by atoms with van der Waals surface area (Å²) in [5, 5.41) is 5.60. The molecule has 9 heteroatoms. The molecule has 2 aromatic carbocycles. The second kappa shape index (κ2) is 10.1. The molecule has 1 aliphatic rings. The van der Waals surface area contributed by atoms with Gasteiger partial charge in [-0.25, -0.2) is 14.6 Å². The molecule has 4 aromatic rings. The van der Waals surface area contributed by atoms with Crippen LogP contribution in [-0.2, 0) is 9.53 Å². The number of benzene rings is 2. The number of nitrogen functional groups attached to an aromatic ring is 1. The number of nitrogens with zero attached hydrogens (tertiary/aromatic N) is 5. The van der Waals surface area contributed by atoms with Crippen molar-refractivity contribution in [3.63, 3.8) is 0 Å². The Balaban J connectivity index is 1.49. The predicted molar refractivity (Wildman–Crippen MR) is 133 cm³/mol. The molecule has 0 bridgehead atoms. The summed E-state index contributed by atoms with van der Waals surface area (Å²) in [4.78, 5) is 23.2. The Morgan fingerprint density at radius 2 is 1.89 bits per heavy atom. The maximum absolute atomic E-state index is 12.6. The average Bonchev–Trinajstić information content (AvgIpc) is 3.10. The first-order valence-electron chi connectivity index (χ1n) is 11.8. The van der Waals surface area contributed by atoms with E-state index in [2.05, 4.69) is 9.97 Å². The van der Waals surface area contributed by atoms with Crippen molar-refractivity contribution in [1.82, 2.24) is 24.6 Å². The summed E-state index contributed by atoms with van der Waals surface area (Å²) < 4.78 is 13.6. The molecule has 1 unspecified atom stereocenters. The van der Waals surface area contributed by atoms with Crippen molar-refractivity contribution in [2.24, 2.45) is 0 Å². The van der Waals surface area contributed by atoms with Gasteiger partial charge in [0.2, 0.25) is 5.91 Å². The number of nitrogens with two attached hydrogens (primary N) is 1. The molecule has 1 amide bonds. The molecular weight excluding hydrogens is 444 g/mol. The lowest BCUT2D eigenvalue weighted by Crippen LogP contribution is -2.36. The largest absolute Gasteiger partial charge is 0.457 e. The van der Waals surface area contributed by atoms with Gasteiger partial charge in [0.25, 0.3) is 0 Å². The maximum Gasteiger partial charge on any atom is 0.222 e. The van der Waals surface area contributed by atoms with Crippen LogP contribution in [-0.4, -0.2) is 56.9 Å². The number of aromatic nitrogens is 4. The van der Waals surface area contributed by atoms with E-state index < -0.39 is 0 Å². The summed E-state index contributed by atoms with van der Waals surface area (Å²) in [7, 11) is 0. The Morgan fingerprint density at radius 1 is 1.11 bits per heavy atom. The SMILES string of the molecule is CCCC(=O)N1CCOCC(n2nc(-c3ccc(Oc4ccccc4)cc3)c3c(N)ncnc32)C1. The van der Waals surface area contributed by atoms with E-state index in [-0.39, 0.29) is 11.9 Å². The van der Waals surface area contributed by atoms with E-state index >= 15 is 0 Å². The first kappa shape index (κ1) is 22.8. The minimum absolute atomic E-state index is 0.128. The Hall–Kier alpha value is -3.98. The molecule has 2 aromatic heterocycles. The number of para-hydroxylation sites is 1. The number of ether oxygens (including phenoxy) is 2. The van der Waals surface area contributed by atoms with Crippen LogP contribution in [0.5, 0.6) is 11.5 Å². The topological polar surface area (TPSA) is 108 Å². The summed E-state index contributed by atoms with van der Waals surface area (Å²) in [5.74, 6) is 1.97. The number of hydrogen-bond acceptors (Lipinski definition) is 7. The highest BCUT2D eigenvalue weighted by atomic mass is 16.5. The van der Waals surface area contributed by atoms with E-state index in [1.54, 1.807) is 0 Å². The first-order valence-corrected chi connectivity index (χ1v) is 11.8. The molecule has 1 aliphatic heterocycles. The summed E-state index contributed by atoms with van der Waals surface area (Å²) >= 11 is 0. The second-order valence-electron chi connectivity index (χ2n) is 8.51. The fourth-order valence-corrected chi connectivity index (χ4v) is 4.30. The van der Waals surface area contributed by atoms with Gasteiger partial charge in [0.1, 0.15) is 29.3 Å². The van der Waals surface area contributed by atoms with Crippen molar-refractivity contribution in [3.05, 3.63) is 60.9 Å². The number of fused-ring (bicyclic) bond motifs is 1. The number of rotatable bonds is 6. The highest BCUT2D eigenvalue weighted by Gasteiger charge is 2.27. The van der Waals surface area contributed by atoms with Crippen LogP contribution in [0.3, 0.4) is 0 Å². The molecule has 0 aliphatic carbocycles. The van der Waals surface area contributed by atoms with Crippen LogP contribution in [0.4, 0.5) is 5.82 Å². The third-order valence-electron chi connectivity index (χ3n) is 6.03. The van der Waals surface area contributed by atoms with Crippen LogP contribution in [0.25, 0.3) is 22.3 Å². The van der Waals surface area contributed by atoms with Gasteiger partial charge < -0.3 is 20.1 Å². The van der Waals surface area contributed by atoms with E-state index in [9.17, 15) is 4.79 Å². The fourth-order valence-electron chi connectivity index (χ4n) is 4.30. The predicted octanol–water partition coefficient (Wildman–Crippen LogP) is 4.07. The second-order valence-corrected chi connectivity index (χ2v) is 8.51. The van der Waals surface area contributed by atoms with E-state index in [0.29, 0.717) is 55.3 Å². The van der Waals surface area contributed by atoms with Gasteiger partial charge in [0, 0.05) is 25.1 Å². The lowest BCUT2D eigenvalue weighted by Gasteiger charge is -2.24. The summed E-state index contributed by atoms with van der Waals surface area (Å²) in [6, 6.07) is 17.1. The highest BCUT2D eigenvalue weighted by Crippen LogP contribution is 2.33. The zero-order valence-corrected chi connectivity index (χ0v) is 19.6. The van der Waals surface area contributed by atoms with Crippen LogP contribution in [0, 0.1) is 0 Å². The van der Waals surface area contributed by atoms with Crippen molar-refractivity contribution in [3.8, 4) is 22.8 Å². The van der Waals surface area contributed by atoms with Gasteiger partial charge in [-0.3, -0.25) is 4.79 Å². The standard InChI is InChI=1S/C26H28N6O3/c1-2-6-22(33)31-13-14-34-16-19(15-31)32-26-23(25(27)28-17-29-26)24(30-32)18-9-11-21(12-10-18)35-20-7-4-3-5-8-20/h3-5,7-12,17,19H,2,6,13-16H2,1H3,(H2,27,28,29). The van der Waals surface area contributed by atoms with Gasteiger partial charge >= 0.3 is 0 Å². The smallest absolute Gasteiger partial charge is 0.222 e. The molecule has 35 heavy (non-hydrogen) atoms. The van der Waals surface area contributed by atoms with Crippen LogP contribution in [0.1, 0.15) is 25.8 Å². The minimum Gasteiger partial charge on any atom is -0.457 e. The Morgan fingerprint density at radius 3 is 2.66 bits per heavy atom. The minimum atomic E-state index is -0.190. The van der Waals surface area contributed by atoms with Crippen LogP contribution in [0.2, 0.25) is 0 Å². The van der Waals surface area contributed by atoms with Crippen molar-refractivity contribution in [2.75, 3.05) is 32.0 Å². The third-order valence-corrected chi connectivity index (χ3v) is 6.03. The van der Waals surface area contributed by atoms with Crippen LogP contribution >= 0.6 is 0 Å². The molecule has 9 nitrogen and oxygen atoms in total. The van der Waals surface area contributed by atoms with E-state index in [1.807, 2.05) is 71.1 Å². The van der Waals surface area contributed by atoms with Gasteiger partial charge in [-0.2, -0.15) is 5.10 Å². The monoisotopic (exact) mass is 472 g/mol. The molecule has 5 rings (SSSR count). The van der Waals surface area contributed by atoms with Gasteiger partial charge in [-0.05, 0) is 42.8 Å². The zero-order valence-electron chi connectivity index (χ0n) is 19.6. The van der Waals surface area contributed by atoms with Gasteiger partial charge in [0.05, 0.1) is 24.6 Å². The van der Waals surface area contributed by atoms with Gasteiger partial charge in [-0.1, -0.05) is 25.1 Å². The fraction of sp³-hybridized carbons (Fsp3) is 0.308. The third kappa shape index (κ3) is 4.81. The molecule has 1 saturated heterocycles. The maximum atomic E-state index is 12.6. The summed E-state index contributed by atoms with van der Waals surface area (Å²) in [5.41, 5.74) is 8.46. The molecule has 0 saturated carbocycles. The van der Waals surface area contributed by atoms with E-state index in [4.69, 9.17) is 20.3 Å². The lowest BCUT2D eigenvalue weighted by molar-refractivity contribution is -0.131. The summed E-state index contributed by atoms with van der Waals surface area (Å²) in [6.45, 7) is 4.01. The van der Waals surface area contributed by atoms with Crippen molar-refractivity contribution in [2.45, 2.75) is 25.8 Å². The molecule has 1 fully saturated rings. The van der Waals surface area contributed by atoms with Gasteiger partial charge in [0.15, 0.2) is 5.65 Å². The van der Waals surface area contributed by atoms with Gasteiger partial charge in [-0.15, -0.1) is 0 Å². The molecule has 1 atom stereocenters. The normalized spacial score (nSPS) is 16.3. The number of carbonyl (C=O) groups excluding carboxylic acids is 1. The molecule has 3 heterocycles. The first-order chi connectivity index (χ1) is 17.1. The molecule has 0 spiro atoms. The van der Waals surface area contributed by atoms with Crippen LogP contribution in [0.15, 0.2) is 60.9 Å². The number of anilines is 1. The zero-order chi connectivity index (χ0) is 24.2. The van der Waals surface area contributed by atoms with Crippen molar-refractivity contribution < 1.29 is 14.3 Å². The van der Waals surface area contributed by atoms with Crippen LogP contribution < -0.4 is 10.5 Å². The number of hydrogen-bond donors (Lipinski definition) is 1. The Kier molecular flexibility index (Phi) is 6.58. The number of amides is 1. The Bertz CT molecular complexity index is 1310. The highest BCUT2D eigenvalue weighted by molar-refractivity contribution is 5.98. The molecule has 180 valence electrons. The quantitative estimate of drug-likeness (QED) is 0.451.